The van der Waals surface area contributed by atoms with Crippen LogP contribution in [0.3, 0.4) is 0 Å². The van der Waals surface area contributed by atoms with E-state index in [9.17, 15) is 9.18 Å². The molecule has 0 radical (unpaired) electrons. The molecule has 0 bridgehead atoms. The number of halogens is 1. The highest BCUT2D eigenvalue weighted by Gasteiger charge is 2.21. The van der Waals surface area contributed by atoms with Crippen LogP contribution < -0.4 is 4.74 Å². The second-order valence-corrected chi connectivity index (χ2v) is 5.19. The van der Waals surface area contributed by atoms with Crippen molar-refractivity contribution in [1.29, 1.82) is 0 Å². The predicted molar refractivity (Wildman–Crippen MR) is 84.3 cm³/mol. The second kappa shape index (κ2) is 7.07. The predicted octanol–water partition coefficient (Wildman–Crippen LogP) is 3.60. The van der Waals surface area contributed by atoms with E-state index >= 15 is 0 Å². The van der Waals surface area contributed by atoms with E-state index in [1.165, 1.54) is 6.07 Å². The Kier molecular flexibility index (Phi) is 5.15. The lowest BCUT2D eigenvalue weighted by Crippen LogP contribution is -2.31. The molecule has 0 aliphatic heterocycles. The first kappa shape index (κ1) is 16.0. The molecule has 1 unspecified atom stereocenters. The fourth-order valence-electron chi connectivity index (χ4n) is 2.37. The maximum absolute atomic E-state index is 13.7. The summed E-state index contributed by atoms with van der Waals surface area (Å²) in [5.41, 5.74) is 1.33. The Morgan fingerprint density at radius 2 is 1.82 bits per heavy atom. The fraction of sp³-hybridized carbons (Fsp3) is 0.278. The average Bonchev–Trinajstić information content (AvgIpc) is 2.55. The standard InChI is InChI=1S/C18H20FNO2/c1-13(15-9-5-7-11-17(15)22-3)20(2)18(21)12-14-8-4-6-10-16(14)19/h4-11,13H,12H2,1-3H3. The third-order valence-electron chi connectivity index (χ3n) is 3.86. The summed E-state index contributed by atoms with van der Waals surface area (Å²) in [5.74, 6) is 0.248. The first-order valence-corrected chi connectivity index (χ1v) is 7.16. The smallest absolute Gasteiger partial charge is 0.227 e. The van der Waals surface area contributed by atoms with Crippen LogP contribution in [-0.2, 0) is 11.2 Å². The summed E-state index contributed by atoms with van der Waals surface area (Å²) in [5, 5.41) is 0. The lowest BCUT2D eigenvalue weighted by atomic mass is 10.0. The Morgan fingerprint density at radius 1 is 1.18 bits per heavy atom. The van der Waals surface area contributed by atoms with E-state index in [1.807, 2.05) is 31.2 Å². The number of ether oxygens (including phenoxy) is 1. The number of benzene rings is 2. The van der Waals surface area contributed by atoms with Crippen LogP contribution in [0.4, 0.5) is 4.39 Å². The number of carbonyl (C=O) groups is 1. The quantitative estimate of drug-likeness (QED) is 0.844. The molecule has 1 amide bonds. The molecule has 3 nitrogen and oxygen atoms in total. The summed E-state index contributed by atoms with van der Waals surface area (Å²) in [4.78, 5) is 14.0. The Bertz CT molecular complexity index is 657. The van der Waals surface area contributed by atoms with E-state index in [2.05, 4.69) is 0 Å². The monoisotopic (exact) mass is 301 g/mol. The molecule has 0 fully saturated rings. The molecule has 0 N–H and O–H groups in total. The van der Waals surface area contributed by atoms with Crippen molar-refractivity contribution in [1.82, 2.24) is 4.90 Å². The number of para-hydroxylation sites is 1. The molecular weight excluding hydrogens is 281 g/mol. The van der Waals surface area contributed by atoms with E-state index in [0.29, 0.717) is 5.56 Å². The molecule has 0 saturated carbocycles. The van der Waals surface area contributed by atoms with Crippen LogP contribution in [0.5, 0.6) is 5.75 Å². The third kappa shape index (κ3) is 3.45. The van der Waals surface area contributed by atoms with Crippen molar-refractivity contribution >= 4 is 5.91 Å². The normalized spacial score (nSPS) is 11.8. The van der Waals surface area contributed by atoms with Crippen LogP contribution >= 0.6 is 0 Å². The molecule has 0 aliphatic rings. The molecule has 4 heteroatoms. The van der Waals surface area contributed by atoms with E-state index in [4.69, 9.17) is 4.74 Å². The van der Waals surface area contributed by atoms with Gasteiger partial charge in [0.15, 0.2) is 0 Å². The van der Waals surface area contributed by atoms with Crippen LogP contribution in [0, 0.1) is 5.82 Å². The Morgan fingerprint density at radius 3 is 2.50 bits per heavy atom. The Labute approximate surface area is 130 Å². The number of amides is 1. The zero-order valence-corrected chi connectivity index (χ0v) is 13.0. The van der Waals surface area contributed by atoms with Gasteiger partial charge in [-0.1, -0.05) is 36.4 Å². The van der Waals surface area contributed by atoms with E-state index in [0.717, 1.165) is 11.3 Å². The van der Waals surface area contributed by atoms with Gasteiger partial charge in [-0.3, -0.25) is 4.79 Å². The maximum Gasteiger partial charge on any atom is 0.227 e. The van der Waals surface area contributed by atoms with Crippen molar-refractivity contribution in [3.05, 3.63) is 65.5 Å². The number of hydrogen-bond donors (Lipinski definition) is 0. The summed E-state index contributed by atoms with van der Waals surface area (Å²) in [6, 6.07) is 13.8. The first-order valence-electron chi connectivity index (χ1n) is 7.16. The number of hydrogen-bond acceptors (Lipinski definition) is 2. The third-order valence-corrected chi connectivity index (χ3v) is 3.86. The van der Waals surface area contributed by atoms with Crippen LogP contribution in [0.2, 0.25) is 0 Å². The fourth-order valence-corrected chi connectivity index (χ4v) is 2.37. The van der Waals surface area contributed by atoms with Gasteiger partial charge in [0.2, 0.25) is 5.91 Å². The molecular formula is C18H20FNO2. The van der Waals surface area contributed by atoms with Crippen LogP contribution in [-0.4, -0.2) is 25.0 Å². The summed E-state index contributed by atoms with van der Waals surface area (Å²) in [6.07, 6.45) is 0.0443. The average molecular weight is 301 g/mol. The van der Waals surface area contributed by atoms with Gasteiger partial charge in [0.05, 0.1) is 19.6 Å². The molecule has 2 aromatic carbocycles. The van der Waals surface area contributed by atoms with Gasteiger partial charge < -0.3 is 9.64 Å². The largest absolute Gasteiger partial charge is 0.496 e. The molecule has 0 spiro atoms. The zero-order chi connectivity index (χ0) is 16.1. The van der Waals surface area contributed by atoms with Gasteiger partial charge in [0.25, 0.3) is 0 Å². The number of likely N-dealkylation sites (N-methyl/N-ethyl adjacent to an activating group) is 1. The highest BCUT2D eigenvalue weighted by Crippen LogP contribution is 2.28. The summed E-state index contributed by atoms with van der Waals surface area (Å²) < 4.78 is 19.0. The molecule has 0 aliphatic carbocycles. The van der Waals surface area contributed by atoms with Crippen molar-refractivity contribution in [2.24, 2.45) is 0 Å². The molecule has 2 aromatic rings. The highest BCUT2D eigenvalue weighted by molar-refractivity contribution is 5.79. The van der Waals surface area contributed by atoms with Crippen LogP contribution in [0.1, 0.15) is 24.1 Å². The van der Waals surface area contributed by atoms with Gasteiger partial charge in [-0.25, -0.2) is 4.39 Å². The SMILES string of the molecule is COc1ccccc1C(C)N(C)C(=O)Cc1ccccc1F. The lowest BCUT2D eigenvalue weighted by Gasteiger charge is -2.26. The summed E-state index contributed by atoms with van der Waals surface area (Å²) in [7, 11) is 3.33. The van der Waals surface area contributed by atoms with Gasteiger partial charge in [0.1, 0.15) is 11.6 Å². The highest BCUT2D eigenvalue weighted by atomic mass is 19.1. The molecule has 116 valence electrons. The van der Waals surface area contributed by atoms with E-state index in [-0.39, 0.29) is 24.2 Å². The molecule has 2 rings (SSSR count). The van der Waals surface area contributed by atoms with Gasteiger partial charge in [-0.2, -0.15) is 0 Å². The number of carbonyl (C=O) groups excluding carboxylic acids is 1. The minimum absolute atomic E-state index is 0.0443. The molecule has 22 heavy (non-hydrogen) atoms. The Hall–Kier alpha value is -2.36. The Balaban J connectivity index is 2.15. The van der Waals surface area contributed by atoms with Crippen molar-refractivity contribution in [2.45, 2.75) is 19.4 Å². The summed E-state index contributed by atoms with van der Waals surface area (Å²) in [6.45, 7) is 1.93. The van der Waals surface area contributed by atoms with Crippen LogP contribution in [0.25, 0.3) is 0 Å². The van der Waals surface area contributed by atoms with E-state index in [1.54, 1.807) is 37.3 Å². The number of methoxy groups -OCH3 is 1. The summed E-state index contributed by atoms with van der Waals surface area (Å²) >= 11 is 0. The number of nitrogens with zero attached hydrogens (tertiary/aromatic N) is 1. The molecule has 0 saturated heterocycles. The van der Waals surface area contributed by atoms with Crippen LogP contribution in [0.15, 0.2) is 48.5 Å². The minimum atomic E-state index is -0.353. The minimum Gasteiger partial charge on any atom is -0.496 e. The second-order valence-electron chi connectivity index (χ2n) is 5.19. The topological polar surface area (TPSA) is 29.5 Å². The van der Waals surface area contributed by atoms with E-state index < -0.39 is 0 Å². The van der Waals surface area contributed by atoms with Gasteiger partial charge in [0, 0.05) is 12.6 Å². The molecule has 0 heterocycles. The molecule has 0 aromatic heterocycles. The number of rotatable bonds is 5. The van der Waals surface area contributed by atoms with Crippen molar-refractivity contribution < 1.29 is 13.9 Å². The van der Waals surface area contributed by atoms with Gasteiger partial charge in [-0.05, 0) is 24.6 Å². The van der Waals surface area contributed by atoms with Crippen molar-refractivity contribution in [3.8, 4) is 5.75 Å². The lowest BCUT2D eigenvalue weighted by molar-refractivity contribution is -0.131. The van der Waals surface area contributed by atoms with Gasteiger partial charge >= 0.3 is 0 Å². The van der Waals surface area contributed by atoms with Gasteiger partial charge in [-0.15, -0.1) is 0 Å². The molecule has 1 atom stereocenters. The first-order chi connectivity index (χ1) is 10.5. The van der Waals surface area contributed by atoms with Crippen molar-refractivity contribution in [2.75, 3.05) is 14.2 Å². The maximum atomic E-state index is 13.7. The van der Waals surface area contributed by atoms with Crippen molar-refractivity contribution in [3.63, 3.8) is 0 Å². The zero-order valence-electron chi connectivity index (χ0n) is 13.0.